The second-order valence-electron chi connectivity index (χ2n) is 6.93. The Balaban J connectivity index is 1.57. The molecule has 3 rings (SSSR count). The monoisotopic (exact) mass is 346 g/mol. The molecule has 1 aromatic rings. The lowest BCUT2D eigenvalue weighted by Crippen LogP contribution is -2.52. The lowest BCUT2D eigenvalue weighted by Gasteiger charge is -2.38. The molecule has 2 fully saturated rings. The smallest absolute Gasteiger partial charge is 0.292 e. The molecule has 1 amide bonds. The Hall–Kier alpha value is -2.15. The van der Waals surface area contributed by atoms with Crippen LogP contribution in [-0.4, -0.2) is 65.9 Å². The van der Waals surface area contributed by atoms with Crippen LogP contribution in [0.25, 0.3) is 0 Å². The number of nitro groups is 1. The molecule has 0 aliphatic carbocycles. The van der Waals surface area contributed by atoms with Crippen LogP contribution in [-0.2, 0) is 4.79 Å². The van der Waals surface area contributed by atoms with Crippen molar-refractivity contribution in [1.29, 1.82) is 0 Å². The minimum Gasteiger partial charge on any atom is -0.362 e. The maximum atomic E-state index is 12.6. The number of piperidine rings is 1. The minimum absolute atomic E-state index is 0.129. The first-order valence-corrected chi connectivity index (χ1v) is 9.06. The van der Waals surface area contributed by atoms with Gasteiger partial charge in [0.1, 0.15) is 5.69 Å². The highest BCUT2D eigenvalue weighted by atomic mass is 16.6. The summed E-state index contributed by atoms with van der Waals surface area (Å²) >= 11 is 0. The number of rotatable bonds is 4. The molecule has 2 aliphatic rings. The Bertz CT molecular complexity index is 629. The molecular formula is C18H26N4O3. The first kappa shape index (κ1) is 17.7. The van der Waals surface area contributed by atoms with E-state index < -0.39 is 0 Å². The Morgan fingerprint density at radius 2 is 1.88 bits per heavy atom. The van der Waals surface area contributed by atoms with Crippen molar-refractivity contribution in [1.82, 2.24) is 9.80 Å². The summed E-state index contributed by atoms with van der Waals surface area (Å²) in [6.45, 7) is 6.19. The highest BCUT2D eigenvalue weighted by Crippen LogP contribution is 2.28. The van der Waals surface area contributed by atoms with Gasteiger partial charge in [-0.2, -0.15) is 0 Å². The molecule has 0 bridgehead atoms. The van der Waals surface area contributed by atoms with E-state index in [0.717, 1.165) is 6.54 Å². The zero-order chi connectivity index (χ0) is 17.8. The Morgan fingerprint density at radius 3 is 2.56 bits per heavy atom. The second-order valence-corrected chi connectivity index (χ2v) is 6.93. The van der Waals surface area contributed by atoms with Crippen LogP contribution >= 0.6 is 0 Å². The maximum absolute atomic E-state index is 12.6. The van der Waals surface area contributed by atoms with Gasteiger partial charge in [-0.25, -0.2) is 0 Å². The van der Waals surface area contributed by atoms with Gasteiger partial charge in [-0.3, -0.25) is 19.8 Å². The molecule has 7 nitrogen and oxygen atoms in total. The van der Waals surface area contributed by atoms with Gasteiger partial charge in [0.25, 0.3) is 5.69 Å². The number of hydrogen-bond donors (Lipinski definition) is 0. The van der Waals surface area contributed by atoms with E-state index in [1.807, 2.05) is 15.9 Å². The van der Waals surface area contributed by atoms with E-state index in [2.05, 4.69) is 11.8 Å². The quantitative estimate of drug-likeness (QED) is 0.617. The lowest BCUT2D eigenvalue weighted by molar-refractivity contribution is -0.384. The van der Waals surface area contributed by atoms with E-state index in [-0.39, 0.29) is 16.5 Å². The van der Waals surface area contributed by atoms with Gasteiger partial charge in [-0.15, -0.1) is 0 Å². The molecular weight excluding hydrogens is 320 g/mol. The fourth-order valence-corrected chi connectivity index (χ4v) is 3.75. The van der Waals surface area contributed by atoms with Gasteiger partial charge < -0.3 is 9.80 Å². The molecule has 0 spiro atoms. The van der Waals surface area contributed by atoms with Crippen molar-refractivity contribution in [3.05, 3.63) is 34.4 Å². The Kier molecular flexibility index (Phi) is 5.53. The number of anilines is 1. The zero-order valence-corrected chi connectivity index (χ0v) is 14.8. The molecule has 0 unspecified atom stereocenters. The first-order valence-electron chi connectivity index (χ1n) is 9.06. The highest BCUT2D eigenvalue weighted by molar-refractivity contribution is 5.78. The van der Waals surface area contributed by atoms with Crippen LogP contribution in [0, 0.1) is 10.1 Å². The normalized spacial score (nSPS) is 22.0. The van der Waals surface area contributed by atoms with E-state index >= 15 is 0 Å². The number of likely N-dealkylation sites (tertiary alicyclic amines) is 1. The van der Waals surface area contributed by atoms with Crippen LogP contribution in [0.5, 0.6) is 0 Å². The van der Waals surface area contributed by atoms with E-state index in [9.17, 15) is 14.9 Å². The Morgan fingerprint density at radius 1 is 1.16 bits per heavy atom. The van der Waals surface area contributed by atoms with E-state index in [4.69, 9.17) is 0 Å². The van der Waals surface area contributed by atoms with Crippen molar-refractivity contribution in [2.75, 3.05) is 44.2 Å². The number of nitro benzene ring substituents is 1. The number of nitrogens with zero attached hydrogens (tertiary/aromatic N) is 4. The number of para-hydroxylation sites is 2. The van der Waals surface area contributed by atoms with Crippen molar-refractivity contribution in [3.63, 3.8) is 0 Å². The fourth-order valence-electron chi connectivity index (χ4n) is 3.75. The number of amides is 1. The van der Waals surface area contributed by atoms with Crippen molar-refractivity contribution in [2.45, 2.75) is 32.2 Å². The molecule has 1 atom stereocenters. The molecule has 2 heterocycles. The van der Waals surface area contributed by atoms with Gasteiger partial charge in [0.05, 0.1) is 11.5 Å². The summed E-state index contributed by atoms with van der Waals surface area (Å²) in [6, 6.07) is 7.29. The van der Waals surface area contributed by atoms with E-state index in [1.54, 1.807) is 12.1 Å². The van der Waals surface area contributed by atoms with Crippen LogP contribution in [0.1, 0.15) is 26.2 Å². The summed E-state index contributed by atoms with van der Waals surface area (Å²) in [7, 11) is 0. The van der Waals surface area contributed by atoms with Gasteiger partial charge in [0.15, 0.2) is 0 Å². The van der Waals surface area contributed by atoms with Crippen LogP contribution in [0.4, 0.5) is 11.4 Å². The summed E-state index contributed by atoms with van der Waals surface area (Å²) in [6.07, 6.45) is 3.59. The molecule has 2 saturated heterocycles. The second kappa shape index (κ2) is 7.82. The first-order chi connectivity index (χ1) is 12.1. The van der Waals surface area contributed by atoms with E-state index in [0.29, 0.717) is 44.5 Å². The predicted octanol–water partition coefficient (Wildman–Crippen LogP) is 2.12. The number of benzene rings is 1. The molecule has 0 aromatic heterocycles. The van der Waals surface area contributed by atoms with Gasteiger partial charge in [-0.05, 0) is 32.4 Å². The van der Waals surface area contributed by atoms with Crippen molar-refractivity contribution < 1.29 is 9.72 Å². The third-order valence-electron chi connectivity index (χ3n) is 5.33. The molecule has 2 aliphatic heterocycles. The lowest BCUT2D eigenvalue weighted by atomic mass is 10.0. The summed E-state index contributed by atoms with van der Waals surface area (Å²) in [5, 5.41) is 11.2. The summed E-state index contributed by atoms with van der Waals surface area (Å²) in [5.74, 6) is 0.177. The van der Waals surface area contributed by atoms with Gasteiger partial charge in [0, 0.05) is 38.3 Å². The zero-order valence-electron chi connectivity index (χ0n) is 14.8. The fraction of sp³-hybridized carbons (Fsp3) is 0.611. The molecule has 7 heteroatoms. The molecule has 136 valence electrons. The Labute approximate surface area is 148 Å². The van der Waals surface area contributed by atoms with Crippen LogP contribution in [0.3, 0.4) is 0 Å². The average Bonchev–Trinajstić information content (AvgIpc) is 2.63. The standard InChI is InChI=1S/C18H26N4O3/c1-15-6-4-5-9-21(15)14-18(23)20-12-10-19(11-13-20)16-7-2-3-8-17(16)22(24)25/h2-3,7-8,15H,4-6,9-14H2,1H3/t15-/m1/s1. The third-order valence-corrected chi connectivity index (χ3v) is 5.33. The van der Waals surface area contributed by atoms with Gasteiger partial charge in [0.2, 0.25) is 5.91 Å². The van der Waals surface area contributed by atoms with Gasteiger partial charge in [-0.1, -0.05) is 18.6 Å². The number of carbonyl (C=O) groups is 1. The molecule has 1 aromatic carbocycles. The number of carbonyl (C=O) groups excluding carboxylic acids is 1. The van der Waals surface area contributed by atoms with Crippen molar-refractivity contribution >= 4 is 17.3 Å². The van der Waals surface area contributed by atoms with Crippen LogP contribution in [0.2, 0.25) is 0 Å². The predicted molar refractivity (Wildman–Crippen MR) is 96.8 cm³/mol. The minimum atomic E-state index is -0.343. The van der Waals surface area contributed by atoms with Crippen LogP contribution < -0.4 is 4.90 Å². The molecule has 25 heavy (non-hydrogen) atoms. The highest BCUT2D eigenvalue weighted by Gasteiger charge is 2.27. The third kappa shape index (κ3) is 4.10. The summed E-state index contributed by atoms with van der Waals surface area (Å²) in [5.41, 5.74) is 0.772. The van der Waals surface area contributed by atoms with Gasteiger partial charge >= 0.3 is 0 Å². The van der Waals surface area contributed by atoms with Crippen molar-refractivity contribution in [2.24, 2.45) is 0 Å². The summed E-state index contributed by atoms with van der Waals surface area (Å²) in [4.78, 5) is 29.6. The largest absolute Gasteiger partial charge is 0.362 e. The average molecular weight is 346 g/mol. The number of piperazine rings is 1. The SMILES string of the molecule is C[C@@H]1CCCCN1CC(=O)N1CCN(c2ccccc2[N+](=O)[O-])CC1. The van der Waals surface area contributed by atoms with Crippen molar-refractivity contribution in [3.8, 4) is 0 Å². The topological polar surface area (TPSA) is 69.9 Å². The van der Waals surface area contributed by atoms with E-state index in [1.165, 1.54) is 25.3 Å². The molecule has 0 N–H and O–H groups in total. The molecule has 0 saturated carbocycles. The molecule has 0 radical (unpaired) electrons. The summed E-state index contributed by atoms with van der Waals surface area (Å²) < 4.78 is 0. The van der Waals surface area contributed by atoms with Crippen LogP contribution in [0.15, 0.2) is 24.3 Å². The maximum Gasteiger partial charge on any atom is 0.292 e. The number of hydrogen-bond acceptors (Lipinski definition) is 5.